The number of aromatic amines is 1. The van der Waals surface area contributed by atoms with Gasteiger partial charge in [-0.25, -0.2) is 4.98 Å². The van der Waals surface area contributed by atoms with Crippen LogP contribution in [0.3, 0.4) is 0 Å². The van der Waals surface area contributed by atoms with E-state index < -0.39 is 5.92 Å². The molecular weight excluding hydrogens is 272 g/mol. The van der Waals surface area contributed by atoms with Gasteiger partial charge in [-0.15, -0.1) is 11.3 Å². The van der Waals surface area contributed by atoms with E-state index in [9.17, 15) is 10.1 Å². The van der Waals surface area contributed by atoms with Gasteiger partial charge in [0.1, 0.15) is 10.7 Å². The molecule has 5 nitrogen and oxygen atoms in total. The highest BCUT2D eigenvalue weighted by molar-refractivity contribution is 7.10. The van der Waals surface area contributed by atoms with Crippen LogP contribution in [0.1, 0.15) is 46.6 Å². The molecule has 0 aliphatic rings. The number of ketones is 1. The number of carbonyl (C=O) groups is 1. The molecule has 0 aliphatic heterocycles. The van der Waals surface area contributed by atoms with Crippen molar-refractivity contribution in [1.82, 2.24) is 15.2 Å². The molecule has 0 spiro atoms. The Labute approximate surface area is 121 Å². The first-order chi connectivity index (χ1) is 9.51. The number of nitriles is 1. The Kier molecular flexibility index (Phi) is 4.30. The van der Waals surface area contributed by atoms with Crippen LogP contribution in [0.4, 0.5) is 0 Å². The largest absolute Gasteiger partial charge is 0.290 e. The maximum atomic E-state index is 12.3. The van der Waals surface area contributed by atoms with Crippen LogP contribution in [-0.4, -0.2) is 21.0 Å². The summed E-state index contributed by atoms with van der Waals surface area (Å²) in [6.07, 6.45) is 0.827. The highest BCUT2D eigenvalue weighted by Crippen LogP contribution is 2.23. The predicted octanol–water partition coefficient (Wildman–Crippen LogP) is 2.86. The Morgan fingerprint density at radius 3 is 2.85 bits per heavy atom. The number of Topliss-reactive ketones (excluding diaryl/α,β-unsaturated/α-hetero) is 1. The zero-order valence-corrected chi connectivity index (χ0v) is 12.5. The lowest BCUT2D eigenvalue weighted by Gasteiger charge is -2.01. The van der Waals surface area contributed by atoms with Gasteiger partial charge in [0.2, 0.25) is 5.78 Å². The van der Waals surface area contributed by atoms with Crippen LogP contribution in [0.25, 0.3) is 0 Å². The molecule has 0 bridgehead atoms. The molecule has 0 aromatic carbocycles. The molecule has 0 saturated heterocycles. The molecule has 2 aromatic heterocycles. The normalized spacial score (nSPS) is 12.3. The third-order valence-corrected chi connectivity index (χ3v) is 3.81. The van der Waals surface area contributed by atoms with Crippen molar-refractivity contribution in [2.24, 2.45) is 5.92 Å². The van der Waals surface area contributed by atoms with Crippen molar-refractivity contribution < 1.29 is 4.79 Å². The van der Waals surface area contributed by atoms with Crippen LogP contribution in [-0.2, 0) is 6.42 Å². The average Bonchev–Trinajstić information content (AvgIpc) is 2.99. The van der Waals surface area contributed by atoms with Crippen molar-refractivity contribution >= 4 is 17.1 Å². The van der Waals surface area contributed by atoms with Crippen LogP contribution >= 0.6 is 11.3 Å². The van der Waals surface area contributed by atoms with Crippen LogP contribution < -0.4 is 0 Å². The predicted molar refractivity (Wildman–Crippen MR) is 76.7 cm³/mol. The van der Waals surface area contributed by atoms with Crippen molar-refractivity contribution in [2.45, 2.75) is 33.1 Å². The number of carbonyl (C=O) groups excluding carboxylic acids is 1. The highest BCUT2D eigenvalue weighted by Gasteiger charge is 2.26. The van der Waals surface area contributed by atoms with Gasteiger partial charge < -0.3 is 0 Å². The first kappa shape index (κ1) is 14.4. The molecule has 0 radical (unpaired) electrons. The number of nitrogens with zero attached hydrogens (tertiary/aromatic N) is 3. The average molecular weight is 288 g/mol. The van der Waals surface area contributed by atoms with Gasteiger partial charge in [0.15, 0.2) is 5.92 Å². The second kappa shape index (κ2) is 5.97. The van der Waals surface area contributed by atoms with Crippen LogP contribution in [0.2, 0.25) is 0 Å². The smallest absolute Gasteiger partial charge is 0.207 e. The minimum atomic E-state index is -0.871. The number of aryl methyl sites for hydroxylation is 1. The quantitative estimate of drug-likeness (QED) is 0.858. The SMILES string of the molecule is Cc1csc(C(C#N)C(=O)c2cc(CC(C)C)[nH]n2)n1. The van der Waals surface area contributed by atoms with E-state index in [4.69, 9.17) is 0 Å². The minimum Gasteiger partial charge on any atom is -0.290 e. The number of hydrogen-bond acceptors (Lipinski definition) is 5. The second-order valence-electron chi connectivity index (χ2n) is 5.13. The van der Waals surface area contributed by atoms with Crippen molar-refractivity contribution in [2.75, 3.05) is 0 Å². The van der Waals surface area contributed by atoms with Gasteiger partial charge in [0, 0.05) is 16.8 Å². The topological polar surface area (TPSA) is 82.4 Å². The molecule has 0 aliphatic carbocycles. The summed E-state index contributed by atoms with van der Waals surface area (Å²) >= 11 is 1.33. The van der Waals surface area contributed by atoms with Gasteiger partial charge in [-0.3, -0.25) is 9.89 Å². The molecule has 0 saturated carbocycles. The molecular formula is C14H16N4OS. The summed E-state index contributed by atoms with van der Waals surface area (Å²) in [4.78, 5) is 16.6. The maximum Gasteiger partial charge on any atom is 0.207 e. The van der Waals surface area contributed by atoms with Gasteiger partial charge in [-0.05, 0) is 25.3 Å². The monoisotopic (exact) mass is 288 g/mol. The standard InChI is InChI=1S/C14H16N4OS/c1-8(2)4-10-5-12(18-17-10)13(19)11(6-15)14-16-9(3)7-20-14/h5,7-8,11H,4H2,1-3H3,(H,17,18). The van der Waals surface area contributed by atoms with E-state index >= 15 is 0 Å². The van der Waals surface area contributed by atoms with E-state index in [-0.39, 0.29) is 5.78 Å². The van der Waals surface area contributed by atoms with Gasteiger partial charge in [0.05, 0.1) is 6.07 Å². The molecule has 1 atom stereocenters. The number of thiazole rings is 1. The van der Waals surface area contributed by atoms with Crippen molar-refractivity contribution in [3.63, 3.8) is 0 Å². The third kappa shape index (κ3) is 3.11. The number of hydrogen-bond donors (Lipinski definition) is 1. The second-order valence-corrected chi connectivity index (χ2v) is 6.02. The van der Waals surface area contributed by atoms with Crippen LogP contribution in [0.5, 0.6) is 0 Å². The van der Waals surface area contributed by atoms with Crippen molar-refractivity contribution in [3.8, 4) is 6.07 Å². The van der Waals surface area contributed by atoms with E-state index in [2.05, 4.69) is 29.0 Å². The van der Waals surface area contributed by atoms with Gasteiger partial charge in [-0.1, -0.05) is 13.8 Å². The highest BCUT2D eigenvalue weighted by atomic mass is 32.1. The Hall–Kier alpha value is -2.00. The maximum absolute atomic E-state index is 12.3. The van der Waals surface area contributed by atoms with E-state index in [0.29, 0.717) is 16.6 Å². The summed E-state index contributed by atoms with van der Waals surface area (Å²) in [7, 11) is 0. The van der Waals surface area contributed by atoms with E-state index in [0.717, 1.165) is 17.8 Å². The molecule has 20 heavy (non-hydrogen) atoms. The fraction of sp³-hybridized carbons (Fsp3) is 0.429. The van der Waals surface area contributed by atoms with Crippen molar-refractivity contribution in [1.29, 1.82) is 5.26 Å². The number of aromatic nitrogens is 3. The molecule has 2 heterocycles. The summed E-state index contributed by atoms with van der Waals surface area (Å²) in [5.74, 6) is -0.691. The molecule has 2 rings (SSSR count). The zero-order chi connectivity index (χ0) is 14.7. The summed E-state index contributed by atoms with van der Waals surface area (Å²) in [5.41, 5.74) is 2.04. The van der Waals surface area contributed by atoms with Crippen LogP contribution in [0, 0.1) is 24.2 Å². The number of nitrogens with one attached hydrogen (secondary N) is 1. The Bertz CT molecular complexity index is 650. The fourth-order valence-corrected chi connectivity index (χ4v) is 2.75. The Morgan fingerprint density at radius 2 is 2.30 bits per heavy atom. The fourth-order valence-electron chi connectivity index (χ4n) is 1.91. The third-order valence-electron chi connectivity index (χ3n) is 2.79. The van der Waals surface area contributed by atoms with Gasteiger partial charge >= 0.3 is 0 Å². The molecule has 0 fully saturated rings. The Morgan fingerprint density at radius 1 is 1.55 bits per heavy atom. The van der Waals surface area contributed by atoms with Crippen molar-refractivity contribution in [3.05, 3.63) is 33.5 Å². The molecule has 6 heteroatoms. The number of rotatable bonds is 5. The minimum absolute atomic E-state index is 0.298. The lowest BCUT2D eigenvalue weighted by molar-refractivity contribution is 0.0974. The van der Waals surface area contributed by atoms with Gasteiger partial charge in [-0.2, -0.15) is 10.4 Å². The Balaban J connectivity index is 2.21. The van der Waals surface area contributed by atoms with Crippen LogP contribution in [0.15, 0.2) is 11.4 Å². The lowest BCUT2D eigenvalue weighted by Crippen LogP contribution is -2.11. The zero-order valence-electron chi connectivity index (χ0n) is 11.7. The van der Waals surface area contributed by atoms with E-state index in [1.54, 1.807) is 6.07 Å². The molecule has 104 valence electrons. The molecule has 1 N–H and O–H groups in total. The number of H-pyrrole nitrogens is 1. The molecule has 0 amide bonds. The van der Waals surface area contributed by atoms with E-state index in [1.807, 2.05) is 18.4 Å². The first-order valence-electron chi connectivity index (χ1n) is 6.41. The summed E-state index contributed by atoms with van der Waals surface area (Å²) in [6.45, 7) is 6.03. The van der Waals surface area contributed by atoms with E-state index in [1.165, 1.54) is 11.3 Å². The first-order valence-corrected chi connectivity index (χ1v) is 7.29. The lowest BCUT2D eigenvalue weighted by atomic mass is 10.0. The summed E-state index contributed by atoms with van der Waals surface area (Å²) < 4.78 is 0. The molecule has 1 unspecified atom stereocenters. The van der Waals surface area contributed by atoms with Gasteiger partial charge in [0.25, 0.3) is 0 Å². The summed E-state index contributed by atoms with van der Waals surface area (Å²) in [5, 5.41) is 18.5. The summed E-state index contributed by atoms with van der Waals surface area (Å²) in [6, 6.07) is 3.75. The molecule has 2 aromatic rings.